The summed E-state index contributed by atoms with van der Waals surface area (Å²) in [6, 6.07) is 15.6. The number of nitrogens with one attached hydrogen (secondary N) is 1. The van der Waals surface area contributed by atoms with Crippen molar-refractivity contribution < 1.29 is 5.11 Å². The summed E-state index contributed by atoms with van der Waals surface area (Å²) in [7, 11) is 0. The minimum Gasteiger partial charge on any atom is -0.508 e. The van der Waals surface area contributed by atoms with Crippen LogP contribution in [0.2, 0.25) is 5.02 Å². The SMILES string of the molecule is CCC(NC(C)c1ccccc1O)c1cccc(Cl)c1. The number of halogens is 1. The van der Waals surface area contributed by atoms with Gasteiger partial charge in [0.2, 0.25) is 0 Å². The second-order valence-corrected chi connectivity index (χ2v) is 5.40. The fourth-order valence-electron chi connectivity index (χ4n) is 2.42. The zero-order chi connectivity index (χ0) is 14.5. The molecule has 0 saturated carbocycles. The quantitative estimate of drug-likeness (QED) is 0.825. The van der Waals surface area contributed by atoms with Crippen molar-refractivity contribution in [1.29, 1.82) is 0 Å². The van der Waals surface area contributed by atoms with Gasteiger partial charge in [0.05, 0.1) is 0 Å². The average Bonchev–Trinajstić information content (AvgIpc) is 2.45. The lowest BCUT2D eigenvalue weighted by molar-refractivity contribution is 0.424. The van der Waals surface area contributed by atoms with Gasteiger partial charge in [-0.3, -0.25) is 0 Å². The van der Waals surface area contributed by atoms with Crippen LogP contribution in [0.3, 0.4) is 0 Å². The van der Waals surface area contributed by atoms with Crippen LogP contribution in [0.1, 0.15) is 43.5 Å². The summed E-state index contributed by atoms with van der Waals surface area (Å²) < 4.78 is 0. The van der Waals surface area contributed by atoms with Gasteiger partial charge < -0.3 is 10.4 Å². The smallest absolute Gasteiger partial charge is 0.120 e. The third kappa shape index (κ3) is 3.53. The number of hydrogen-bond donors (Lipinski definition) is 2. The van der Waals surface area contributed by atoms with Crippen LogP contribution in [0.15, 0.2) is 48.5 Å². The van der Waals surface area contributed by atoms with E-state index in [9.17, 15) is 5.11 Å². The first-order valence-electron chi connectivity index (χ1n) is 6.91. The third-order valence-corrected chi connectivity index (χ3v) is 3.75. The molecule has 0 amide bonds. The Morgan fingerprint density at radius 2 is 1.90 bits per heavy atom. The van der Waals surface area contributed by atoms with Crippen molar-refractivity contribution in [2.45, 2.75) is 32.4 Å². The lowest BCUT2D eigenvalue weighted by atomic mass is 10.0. The van der Waals surface area contributed by atoms with E-state index in [1.54, 1.807) is 6.07 Å². The first kappa shape index (κ1) is 14.9. The summed E-state index contributed by atoms with van der Waals surface area (Å²) in [5.41, 5.74) is 2.08. The number of aromatic hydroxyl groups is 1. The maximum atomic E-state index is 9.92. The molecule has 2 aromatic rings. The van der Waals surface area contributed by atoms with Crippen LogP contribution in [0, 0.1) is 0 Å². The Hall–Kier alpha value is -1.51. The standard InChI is InChI=1S/C17H20ClNO/c1-3-16(13-7-6-8-14(18)11-13)19-12(2)15-9-4-5-10-17(15)20/h4-12,16,19-20H,3H2,1-2H3. The summed E-state index contributed by atoms with van der Waals surface area (Å²) in [5.74, 6) is 0.327. The molecule has 20 heavy (non-hydrogen) atoms. The second kappa shape index (κ2) is 6.78. The molecule has 0 aliphatic heterocycles. The van der Waals surface area contributed by atoms with Crippen LogP contribution in [-0.4, -0.2) is 5.11 Å². The van der Waals surface area contributed by atoms with E-state index in [0.29, 0.717) is 5.75 Å². The Bertz CT molecular complexity index is 570. The van der Waals surface area contributed by atoms with E-state index >= 15 is 0 Å². The van der Waals surface area contributed by atoms with Gasteiger partial charge in [0, 0.05) is 22.7 Å². The Balaban J connectivity index is 2.16. The van der Waals surface area contributed by atoms with Gasteiger partial charge in [-0.2, -0.15) is 0 Å². The molecule has 2 rings (SSSR count). The van der Waals surface area contributed by atoms with Crippen molar-refractivity contribution in [1.82, 2.24) is 5.32 Å². The van der Waals surface area contributed by atoms with Crippen LogP contribution in [0.5, 0.6) is 5.75 Å². The molecule has 0 bridgehead atoms. The van der Waals surface area contributed by atoms with Gasteiger partial charge in [-0.25, -0.2) is 0 Å². The molecule has 2 N–H and O–H groups in total. The summed E-state index contributed by atoms with van der Waals surface area (Å²) in [5, 5.41) is 14.2. The number of benzene rings is 2. The first-order valence-corrected chi connectivity index (χ1v) is 7.29. The molecular weight excluding hydrogens is 270 g/mol. The van der Waals surface area contributed by atoms with Crippen LogP contribution in [0.4, 0.5) is 0 Å². The Morgan fingerprint density at radius 1 is 1.15 bits per heavy atom. The van der Waals surface area contributed by atoms with E-state index in [1.165, 1.54) is 5.56 Å². The highest BCUT2D eigenvalue weighted by Crippen LogP contribution is 2.28. The van der Waals surface area contributed by atoms with Crippen molar-refractivity contribution in [2.75, 3.05) is 0 Å². The zero-order valence-corrected chi connectivity index (χ0v) is 12.6. The van der Waals surface area contributed by atoms with E-state index in [4.69, 9.17) is 11.6 Å². The highest BCUT2D eigenvalue weighted by Gasteiger charge is 2.16. The fourth-order valence-corrected chi connectivity index (χ4v) is 2.62. The molecule has 2 aromatic carbocycles. The van der Waals surface area contributed by atoms with E-state index in [1.807, 2.05) is 36.4 Å². The van der Waals surface area contributed by atoms with Gasteiger partial charge in [0.1, 0.15) is 5.75 Å². The maximum Gasteiger partial charge on any atom is 0.120 e. The molecule has 0 aliphatic rings. The van der Waals surface area contributed by atoms with Gasteiger partial charge >= 0.3 is 0 Å². The van der Waals surface area contributed by atoms with Crippen LogP contribution in [-0.2, 0) is 0 Å². The van der Waals surface area contributed by atoms with E-state index in [2.05, 4.69) is 25.2 Å². The van der Waals surface area contributed by atoms with Crippen LogP contribution >= 0.6 is 11.6 Å². The normalized spacial score (nSPS) is 13.9. The summed E-state index contributed by atoms with van der Waals surface area (Å²) in [6.45, 7) is 4.19. The molecule has 0 aromatic heterocycles. The van der Waals surface area contributed by atoms with Crippen molar-refractivity contribution in [3.8, 4) is 5.75 Å². The molecule has 2 atom stereocenters. The molecule has 0 aliphatic carbocycles. The van der Waals surface area contributed by atoms with Gasteiger partial charge in [-0.1, -0.05) is 48.9 Å². The molecule has 2 nitrogen and oxygen atoms in total. The van der Waals surface area contributed by atoms with Crippen LogP contribution < -0.4 is 5.32 Å². The molecule has 0 saturated heterocycles. The molecule has 0 fully saturated rings. The highest BCUT2D eigenvalue weighted by atomic mass is 35.5. The zero-order valence-electron chi connectivity index (χ0n) is 11.8. The molecule has 0 spiro atoms. The third-order valence-electron chi connectivity index (χ3n) is 3.51. The molecule has 0 heterocycles. The first-order chi connectivity index (χ1) is 9.61. The van der Waals surface area contributed by atoms with E-state index in [-0.39, 0.29) is 12.1 Å². The topological polar surface area (TPSA) is 32.3 Å². The lowest BCUT2D eigenvalue weighted by Crippen LogP contribution is -2.24. The highest BCUT2D eigenvalue weighted by molar-refractivity contribution is 6.30. The van der Waals surface area contributed by atoms with Gasteiger partial charge in [-0.15, -0.1) is 0 Å². The second-order valence-electron chi connectivity index (χ2n) is 4.96. The number of phenols is 1. The van der Waals surface area contributed by atoms with Crippen molar-refractivity contribution >= 4 is 11.6 Å². The van der Waals surface area contributed by atoms with Gasteiger partial charge in [0.25, 0.3) is 0 Å². The van der Waals surface area contributed by atoms with Crippen LogP contribution in [0.25, 0.3) is 0 Å². The lowest BCUT2D eigenvalue weighted by Gasteiger charge is -2.23. The Morgan fingerprint density at radius 3 is 2.55 bits per heavy atom. The van der Waals surface area contributed by atoms with Gasteiger partial charge in [0.15, 0.2) is 0 Å². The molecular formula is C17H20ClNO. The monoisotopic (exact) mass is 289 g/mol. The fraction of sp³-hybridized carbons (Fsp3) is 0.294. The number of rotatable bonds is 5. The summed E-state index contributed by atoms with van der Waals surface area (Å²) in [6.07, 6.45) is 0.957. The number of phenolic OH excluding ortho intramolecular Hbond substituents is 1. The minimum absolute atomic E-state index is 0.0696. The van der Waals surface area contributed by atoms with Crippen molar-refractivity contribution in [3.63, 3.8) is 0 Å². The molecule has 106 valence electrons. The van der Waals surface area contributed by atoms with Crippen molar-refractivity contribution in [3.05, 3.63) is 64.7 Å². The van der Waals surface area contributed by atoms with E-state index < -0.39 is 0 Å². The van der Waals surface area contributed by atoms with E-state index in [0.717, 1.165) is 17.0 Å². The summed E-state index contributed by atoms with van der Waals surface area (Å²) in [4.78, 5) is 0. The Kier molecular flexibility index (Phi) is 5.05. The number of hydrogen-bond acceptors (Lipinski definition) is 2. The predicted octanol–water partition coefficient (Wildman–Crippen LogP) is 4.85. The predicted molar refractivity (Wildman–Crippen MR) is 84.1 cm³/mol. The average molecular weight is 290 g/mol. The Labute approximate surface area is 125 Å². The molecule has 3 heteroatoms. The van der Waals surface area contributed by atoms with Gasteiger partial charge in [-0.05, 0) is 37.1 Å². The number of para-hydroxylation sites is 1. The molecule has 2 unspecified atom stereocenters. The summed E-state index contributed by atoms with van der Waals surface area (Å²) >= 11 is 6.06. The largest absolute Gasteiger partial charge is 0.508 e. The molecule has 0 radical (unpaired) electrons. The maximum absolute atomic E-state index is 9.92. The minimum atomic E-state index is 0.0696. The van der Waals surface area contributed by atoms with Crippen molar-refractivity contribution in [2.24, 2.45) is 0 Å².